The van der Waals surface area contributed by atoms with E-state index in [1.54, 1.807) is 19.2 Å². The van der Waals surface area contributed by atoms with Crippen LogP contribution in [0.25, 0.3) is 0 Å². The van der Waals surface area contributed by atoms with Crippen LogP contribution in [-0.4, -0.2) is 64.1 Å². The van der Waals surface area contributed by atoms with Crippen molar-refractivity contribution in [2.45, 2.75) is 17.9 Å². The van der Waals surface area contributed by atoms with Crippen LogP contribution in [0.15, 0.2) is 29.2 Å². The van der Waals surface area contributed by atoms with Crippen molar-refractivity contribution in [3.8, 4) is 0 Å². The lowest BCUT2D eigenvalue weighted by Crippen LogP contribution is -2.46. The van der Waals surface area contributed by atoms with E-state index in [2.05, 4.69) is 4.90 Å². The molecular formula is C14H22N2O3S. The van der Waals surface area contributed by atoms with Gasteiger partial charge in [0.05, 0.1) is 17.6 Å². The first-order valence-corrected chi connectivity index (χ1v) is 8.17. The molecule has 1 saturated heterocycles. The largest absolute Gasteiger partial charge is 0.374 e. The molecule has 0 bridgehead atoms. The summed E-state index contributed by atoms with van der Waals surface area (Å²) in [5, 5.41) is 0. The number of hydrogen-bond acceptors (Lipinski definition) is 4. The highest BCUT2D eigenvalue weighted by atomic mass is 32.2. The molecule has 112 valence electrons. The fraction of sp³-hybridized carbons (Fsp3) is 0.571. The van der Waals surface area contributed by atoms with Crippen molar-refractivity contribution in [2.75, 3.05) is 40.3 Å². The van der Waals surface area contributed by atoms with Crippen LogP contribution >= 0.6 is 0 Å². The highest BCUT2D eigenvalue weighted by Crippen LogP contribution is 2.16. The van der Waals surface area contributed by atoms with E-state index in [4.69, 9.17) is 4.74 Å². The molecule has 5 nitrogen and oxygen atoms in total. The van der Waals surface area contributed by atoms with Gasteiger partial charge in [-0.1, -0.05) is 17.7 Å². The molecule has 0 aromatic heterocycles. The highest BCUT2D eigenvalue weighted by molar-refractivity contribution is 7.89. The van der Waals surface area contributed by atoms with Crippen molar-refractivity contribution in [1.29, 1.82) is 0 Å². The van der Waals surface area contributed by atoms with E-state index < -0.39 is 10.0 Å². The SMILES string of the molecule is Cc1ccc(S(=O)(=O)N(C)CC2CN(C)CCO2)cc1. The van der Waals surface area contributed by atoms with E-state index in [1.165, 1.54) is 4.31 Å². The van der Waals surface area contributed by atoms with Gasteiger partial charge in [-0.25, -0.2) is 8.42 Å². The molecule has 1 aliphatic heterocycles. The fourth-order valence-electron chi connectivity index (χ4n) is 2.25. The second-order valence-electron chi connectivity index (χ2n) is 5.35. The molecule has 6 heteroatoms. The Morgan fingerprint density at radius 3 is 2.60 bits per heavy atom. The molecule has 1 atom stereocenters. The van der Waals surface area contributed by atoms with Gasteiger partial charge in [-0.3, -0.25) is 0 Å². The fourth-order valence-corrected chi connectivity index (χ4v) is 3.45. The zero-order chi connectivity index (χ0) is 14.8. The van der Waals surface area contributed by atoms with Crippen LogP contribution in [0.5, 0.6) is 0 Å². The first kappa shape index (κ1) is 15.4. The van der Waals surface area contributed by atoms with Gasteiger partial charge in [0.15, 0.2) is 0 Å². The molecule has 0 saturated carbocycles. The number of likely N-dealkylation sites (N-methyl/N-ethyl adjacent to an activating group) is 2. The van der Waals surface area contributed by atoms with Crippen molar-refractivity contribution in [1.82, 2.24) is 9.21 Å². The maximum Gasteiger partial charge on any atom is 0.242 e. The van der Waals surface area contributed by atoms with Crippen LogP contribution in [0.1, 0.15) is 5.56 Å². The molecule has 0 spiro atoms. The summed E-state index contributed by atoms with van der Waals surface area (Å²) in [6.45, 7) is 4.62. The molecule has 1 aliphatic rings. The Hall–Kier alpha value is -0.950. The van der Waals surface area contributed by atoms with Gasteiger partial charge in [-0.15, -0.1) is 0 Å². The summed E-state index contributed by atoms with van der Waals surface area (Å²) in [7, 11) is 0.184. The summed E-state index contributed by atoms with van der Waals surface area (Å²) >= 11 is 0. The number of benzene rings is 1. The molecular weight excluding hydrogens is 276 g/mol. The maximum atomic E-state index is 12.5. The predicted octanol–water partition coefficient (Wildman–Crippen LogP) is 0.946. The van der Waals surface area contributed by atoms with Gasteiger partial charge >= 0.3 is 0 Å². The van der Waals surface area contributed by atoms with Crippen LogP contribution in [0.2, 0.25) is 0 Å². The Morgan fingerprint density at radius 1 is 1.35 bits per heavy atom. The number of ether oxygens (including phenoxy) is 1. The lowest BCUT2D eigenvalue weighted by atomic mass is 10.2. The molecule has 0 amide bonds. The van der Waals surface area contributed by atoms with Crippen LogP contribution < -0.4 is 0 Å². The van der Waals surface area contributed by atoms with Crippen molar-refractivity contribution in [2.24, 2.45) is 0 Å². The minimum absolute atomic E-state index is 0.0704. The third kappa shape index (κ3) is 3.58. The molecule has 1 unspecified atom stereocenters. The van der Waals surface area contributed by atoms with Gasteiger partial charge in [0.1, 0.15) is 0 Å². The number of morpholine rings is 1. The quantitative estimate of drug-likeness (QED) is 0.830. The average molecular weight is 298 g/mol. The third-order valence-corrected chi connectivity index (χ3v) is 5.37. The monoisotopic (exact) mass is 298 g/mol. The van der Waals surface area contributed by atoms with E-state index >= 15 is 0 Å². The van der Waals surface area contributed by atoms with Crippen LogP contribution in [0, 0.1) is 6.92 Å². The maximum absolute atomic E-state index is 12.5. The summed E-state index contributed by atoms with van der Waals surface area (Å²) in [5.74, 6) is 0. The van der Waals surface area contributed by atoms with E-state index in [-0.39, 0.29) is 6.10 Å². The zero-order valence-electron chi connectivity index (χ0n) is 12.2. The lowest BCUT2D eigenvalue weighted by Gasteiger charge is -2.32. The van der Waals surface area contributed by atoms with Gasteiger partial charge in [-0.05, 0) is 26.1 Å². The molecule has 0 radical (unpaired) electrons. The zero-order valence-corrected chi connectivity index (χ0v) is 13.1. The molecule has 1 heterocycles. The lowest BCUT2D eigenvalue weighted by molar-refractivity contribution is -0.0247. The van der Waals surface area contributed by atoms with Crippen molar-refractivity contribution in [3.63, 3.8) is 0 Å². The van der Waals surface area contributed by atoms with Crippen molar-refractivity contribution in [3.05, 3.63) is 29.8 Å². The topological polar surface area (TPSA) is 49.9 Å². The van der Waals surface area contributed by atoms with Gasteiger partial charge in [0, 0.05) is 26.7 Å². The number of hydrogen-bond donors (Lipinski definition) is 0. The predicted molar refractivity (Wildman–Crippen MR) is 78.2 cm³/mol. The second kappa shape index (κ2) is 6.22. The highest BCUT2D eigenvalue weighted by Gasteiger charge is 2.26. The summed E-state index contributed by atoms with van der Waals surface area (Å²) in [4.78, 5) is 2.48. The Balaban J connectivity index is 2.07. The smallest absolute Gasteiger partial charge is 0.242 e. The van der Waals surface area contributed by atoms with E-state index in [9.17, 15) is 8.42 Å². The molecule has 1 aromatic rings. The Kier molecular flexibility index (Phi) is 4.80. The molecule has 0 N–H and O–H groups in total. The Bertz CT molecular complexity index is 542. The minimum atomic E-state index is -3.44. The van der Waals surface area contributed by atoms with E-state index in [0.717, 1.165) is 18.7 Å². The summed E-state index contributed by atoms with van der Waals surface area (Å²) in [5.41, 5.74) is 1.05. The van der Waals surface area contributed by atoms with Crippen molar-refractivity contribution >= 4 is 10.0 Å². The minimum Gasteiger partial charge on any atom is -0.374 e. The molecule has 1 fully saturated rings. The van der Waals surface area contributed by atoms with Gasteiger partial charge in [-0.2, -0.15) is 4.31 Å². The van der Waals surface area contributed by atoms with E-state index in [0.29, 0.717) is 18.0 Å². The third-order valence-electron chi connectivity index (χ3n) is 3.53. The number of rotatable bonds is 4. The summed E-state index contributed by atoms with van der Waals surface area (Å²) < 4.78 is 31.9. The molecule has 2 rings (SSSR count). The van der Waals surface area contributed by atoms with Gasteiger partial charge in [0.25, 0.3) is 0 Å². The van der Waals surface area contributed by atoms with Gasteiger partial charge in [0.2, 0.25) is 10.0 Å². The van der Waals surface area contributed by atoms with Crippen LogP contribution in [-0.2, 0) is 14.8 Å². The molecule has 1 aromatic carbocycles. The first-order chi connectivity index (χ1) is 9.39. The standard InChI is InChI=1S/C14H22N2O3S/c1-12-4-6-14(7-5-12)20(17,18)16(3)11-13-10-15(2)8-9-19-13/h4-7,13H,8-11H2,1-3H3. The first-order valence-electron chi connectivity index (χ1n) is 6.73. The van der Waals surface area contributed by atoms with Crippen LogP contribution in [0.4, 0.5) is 0 Å². The Morgan fingerprint density at radius 2 is 2.00 bits per heavy atom. The molecule has 20 heavy (non-hydrogen) atoms. The van der Waals surface area contributed by atoms with Crippen molar-refractivity contribution < 1.29 is 13.2 Å². The number of aryl methyl sites for hydroxylation is 1. The Labute approximate surface area is 121 Å². The second-order valence-corrected chi connectivity index (χ2v) is 7.40. The number of nitrogens with zero attached hydrogens (tertiary/aromatic N) is 2. The average Bonchev–Trinajstić information content (AvgIpc) is 2.39. The summed E-state index contributed by atoms with van der Waals surface area (Å²) in [6, 6.07) is 6.92. The number of sulfonamides is 1. The van der Waals surface area contributed by atoms with E-state index in [1.807, 2.05) is 26.1 Å². The summed E-state index contributed by atoms with van der Waals surface area (Å²) in [6.07, 6.45) is -0.0704. The molecule has 0 aliphatic carbocycles. The van der Waals surface area contributed by atoms with Gasteiger partial charge < -0.3 is 9.64 Å². The van der Waals surface area contributed by atoms with Crippen LogP contribution in [0.3, 0.4) is 0 Å². The normalized spacial score (nSPS) is 21.3.